The lowest BCUT2D eigenvalue weighted by molar-refractivity contribution is 0.196. The molecule has 0 radical (unpaired) electrons. The van der Waals surface area contributed by atoms with Gasteiger partial charge in [-0.15, -0.1) is 0 Å². The van der Waals surface area contributed by atoms with E-state index in [9.17, 15) is 9.90 Å². The lowest BCUT2D eigenvalue weighted by atomic mass is 9.88. The van der Waals surface area contributed by atoms with Crippen molar-refractivity contribution in [3.8, 4) is 0 Å². The molecule has 3 N–H and O–H groups in total. The molecule has 6 nitrogen and oxygen atoms in total. The maximum absolute atomic E-state index is 12.1. The summed E-state index contributed by atoms with van der Waals surface area (Å²) < 4.78 is 1.79. The minimum Gasteiger partial charge on any atom is -0.394 e. The van der Waals surface area contributed by atoms with E-state index in [1.54, 1.807) is 16.9 Å². The number of aromatic nitrogens is 2. The largest absolute Gasteiger partial charge is 0.394 e. The first kappa shape index (κ1) is 17.5. The molecule has 0 fully saturated rings. The Morgan fingerprint density at radius 3 is 2.67 bits per heavy atom. The van der Waals surface area contributed by atoms with Gasteiger partial charge in [0.25, 0.3) is 0 Å². The number of aliphatic hydroxyl groups excluding tert-OH is 1. The van der Waals surface area contributed by atoms with Gasteiger partial charge in [0.1, 0.15) is 5.82 Å². The zero-order chi connectivity index (χ0) is 16.0. The summed E-state index contributed by atoms with van der Waals surface area (Å²) in [7, 11) is 0. The fourth-order valence-electron chi connectivity index (χ4n) is 2.18. The second kappa shape index (κ2) is 7.45. The Hall–Kier alpha value is -1.56. The van der Waals surface area contributed by atoms with Crippen LogP contribution in [0, 0.1) is 5.41 Å². The number of anilines is 1. The fraction of sp³-hybridized carbons (Fsp3) is 0.733. The van der Waals surface area contributed by atoms with Crippen LogP contribution < -0.4 is 10.6 Å². The van der Waals surface area contributed by atoms with E-state index in [4.69, 9.17) is 0 Å². The summed E-state index contributed by atoms with van der Waals surface area (Å²) in [5.74, 6) is 0.661. The average Bonchev–Trinajstić information content (AvgIpc) is 2.83. The second-order valence-electron chi connectivity index (χ2n) is 6.66. The first-order chi connectivity index (χ1) is 9.76. The quantitative estimate of drug-likeness (QED) is 0.755. The molecule has 0 aliphatic heterocycles. The Bertz CT molecular complexity index is 451. The lowest BCUT2D eigenvalue weighted by Crippen LogP contribution is -2.42. The number of amides is 2. The van der Waals surface area contributed by atoms with Gasteiger partial charge in [-0.2, -0.15) is 5.10 Å². The summed E-state index contributed by atoms with van der Waals surface area (Å²) >= 11 is 0. The van der Waals surface area contributed by atoms with Gasteiger partial charge in [0.05, 0.1) is 24.9 Å². The van der Waals surface area contributed by atoms with Gasteiger partial charge >= 0.3 is 6.03 Å². The number of carbonyl (C=O) groups is 1. The molecule has 1 heterocycles. The van der Waals surface area contributed by atoms with Crippen LogP contribution in [0.5, 0.6) is 0 Å². The SMILES string of the molecule is CCC(C)n1nccc1NC(=O)NC(CO)CC(C)(C)C. The van der Waals surface area contributed by atoms with Crippen LogP contribution in [0.15, 0.2) is 12.3 Å². The fourth-order valence-corrected chi connectivity index (χ4v) is 2.18. The van der Waals surface area contributed by atoms with Crippen LogP contribution in [-0.4, -0.2) is 33.6 Å². The van der Waals surface area contributed by atoms with E-state index in [1.807, 2.05) is 6.92 Å². The molecule has 1 aromatic rings. The highest BCUT2D eigenvalue weighted by Crippen LogP contribution is 2.21. The maximum atomic E-state index is 12.1. The van der Waals surface area contributed by atoms with Crippen molar-refractivity contribution in [3.05, 3.63) is 12.3 Å². The molecule has 0 saturated carbocycles. The molecule has 1 aromatic heterocycles. The van der Waals surface area contributed by atoms with Crippen molar-refractivity contribution >= 4 is 11.8 Å². The molecule has 0 spiro atoms. The normalized spacial score (nSPS) is 14.6. The topological polar surface area (TPSA) is 79.2 Å². The molecular formula is C15H28N4O2. The highest BCUT2D eigenvalue weighted by molar-refractivity contribution is 5.88. The van der Waals surface area contributed by atoms with Crippen LogP contribution in [0.4, 0.5) is 10.6 Å². The molecule has 2 atom stereocenters. The molecule has 21 heavy (non-hydrogen) atoms. The maximum Gasteiger partial charge on any atom is 0.320 e. The molecule has 6 heteroatoms. The molecule has 0 aliphatic carbocycles. The molecule has 0 aromatic carbocycles. The van der Waals surface area contributed by atoms with E-state index < -0.39 is 0 Å². The molecule has 2 unspecified atom stereocenters. The van der Waals surface area contributed by atoms with Crippen LogP contribution in [0.1, 0.15) is 53.5 Å². The lowest BCUT2D eigenvalue weighted by Gasteiger charge is -2.25. The van der Waals surface area contributed by atoms with Crippen molar-refractivity contribution in [3.63, 3.8) is 0 Å². The minimum absolute atomic E-state index is 0.0408. The van der Waals surface area contributed by atoms with E-state index in [0.717, 1.165) is 6.42 Å². The zero-order valence-corrected chi connectivity index (χ0v) is 13.7. The Morgan fingerprint density at radius 2 is 2.14 bits per heavy atom. The number of nitrogens with zero attached hydrogens (tertiary/aromatic N) is 2. The van der Waals surface area contributed by atoms with Gasteiger partial charge in [0.15, 0.2) is 0 Å². The summed E-state index contributed by atoms with van der Waals surface area (Å²) in [6.07, 6.45) is 3.31. The zero-order valence-electron chi connectivity index (χ0n) is 13.7. The third kappa shape index (κ3) is 5.75. The summed E-state index contributed by atoms with van der Waals surface area (Å²) in [6.45, 7) is 10.3. The predicted molar refractivity (Wildman–Crippen MR) is 84.3 cm³/mol. The van der Waals surface area contributed by atoms with Crippen molar-refractivity contribution < 1.29 is 9.90 Å². The van der Waals surface area contributed by atoms with E-state index in [-0.39, 0.29) is 30.1 Å². The smallest absolute Gasteiger partial charge is 0.320 e. The van der Waals surface area contributed by atoms with Crippen molar-refractivity contribution in [2.75, 3.05) is 11.9 Å². The minimum atomic E-state index is -0.316. The second-order valence-corrected chi connectivity index (χ2v) is 6.66. The van der Waals surface area contributed by atoms with E-state index in [1.165, 1.54) is 0 Å². The Morgan fingerprint density at radius 1 is 1.48 bits per heavy atom. The molecule has 0 saturated heterocycles. The number of rotatable bonds is 6. The highest BCUT2D eigenvalue weighted by Gasteiger charge is 2.20. The highest BCUT2D eigenvalue weighted by atomic mass is 16.3. The molecule has 1 rings (SSSR count). The van der Waals surface area contributed by atoms with Gasteiger partial charge in [0, 0.05) is 6.07 Å². The van der Waals surface area contributed by atoms with Crippen molar-refractivity contribution in [2.45, 2.75) is 59.5 Å². The summed E-state index contributed by atoms with van der Waals surface area (Å²) in [5.41, 5.74) is 0.0408. The molecule has 2 amide bonds. The van der Waals surface area contributed by atoms with Gasteiger partial charge in [-0.25, -0.2) is 9.48 Å². The first-order valence-corrected chi connectivity index (χ1v) is 7.48. The Kier molecular flexibility index (Phi) is 6.20. The first-order valence-electron chi connectivity index (χ1n) is 7.48. The van der Waals surface area contributed by atoms with Gasteiger partial charge in [-0.1, -0.05) is 27.7 Å². The van der Waals surface area contributed by atoms with Crippen LogP contribution in [-0.2, 0) is 0 Å². The summed E-state index contributed by atoms with van der Waals surface area (Å²) in [4.78, 5) is 12.1. The molecule has 0 aliphatic rings. The molecule has 120 valence electrons. The van der Waals surface area contributed by atoms with Crippen molar-refractivity contribution in [2.24, 2.45) is 5.41 Å². The predicted octanol–water partition coefficient (Wildman–Crippen LogP) is 2.77. The number of carbonyl (C=O) groups excluding carboxylic acids is 1. The summed E-state index contributed by atoms with van der Waals surface area (Å²) in [5, 5.41) is 19.2. The molecule has 0 bridgehead atoms. The Labute approximate surface area is 126 Å². The van der Waals surface area contributed by atoms with E-state index >= 15 is 0 Å². The third-order valence-electron chi connectivity index (χ3n) is 3.33. The van der Waals surface area contributed by atoms with Gasteiger partial charge in [0.2, 0.25) is 0 Å². The van der Waals surface area contributed by atoms with Crippen LogP contribution in [0.3, 0.4) is 0 Å². The average molecular weight is 296 g/mol. The number of hydrogen-bond acceptors (Lipinski definition) is 3. The monoisotopic (exact) mass is 296 g/mol. The number of nitrogens with one attached hydrogen (secondary N) is 2. The number of hydrogen-bond donors (Lipinski definition) is 3. The summed E-state index contributed by atoms with van der Waals surface area (Å²) in [6, 6.07) is 1.41. The van der Waals surface area contributed by atoms with Crippen LogP contribution >= 0.6 is 0 Å². The number of aliphatic hydroxyl groups is 1. The van der Waals surface area contributed by atoms with Gasteiger partial charge in [-0.3, -0.25) is 5.32 Å². The van der Waals surface area contributed by atoms with Crippen molar-refractivity contribution in [1.82, 2.24) is 15.1 Å². The Balaban J connectivity index is 2.63. The van der Waals surface area contributed by atoms with Crippen molar-refractivity contribution in [1.29, 1.82) is 0 Å². The van der Waals surface area contributed by atoms with Gasteiger partial charge in [-0.05, 0) is 25.2 Å². The van der Waals surface area contributed by atoms with E-state index in [2.05, 4.69) is 43.4 Å². The third-order valence-corrected chi connectivity index (χ3v) is 3.33. The molecular weight excluding hydrogens is 268 g/mol. The number of urea groups is 1. The van der Waals surface area contributed by atoms with E-state index in [0.29, 0.717) is 12.2 Å². The standard InChI is InChI=1S/C15H28N4O2/c1-6-11(2)19-13(7-8-16-19)18-14(21)17-12(10-20)9-15(3,4)5/h7-8,11-12,20H,6,9-10H2,1-5H3,(H2,17,18,21). The van der Waals surface area contributed by atoms with Crippen LogP contribution in [0.25, 0.3) is 0 Å². The van der Waals surface area contributed by atoms with Crippen LogP contribution in [0.2, 0.25) is 0 Å². The van der Waals surface area contributed by atoms with Gasteiger partial charge < -0.3 is 10.4 Å².